The molecule has 1 atom stereocenters. The van der Waals surface area contributed by atoms with Crippen LogP contribution in [-0.4, -0.2) is 36.5 Å². The number of sulfone groups is 1. The predicted molar refractivity (Wildman–Crippen MR) is 123 cm³/mol. The van der Waals surface area contributed by atoms with E-state index in [1.807, 2.05) is 0 Å². The Morgan fingerprint density at radius 2 is 1.97 bits per heavy atom. The summed E-state index contributed by atoms with van der Waals surface area (Å²) in [4.78, 5) is 33.5. The number of benzene rings is 1. The molecule has 1 N–H and O–H groups in total. The van der Waals surface area contributed by atoms with E-state index in [9.17, 15) is 18.0 Å². The SMILES string of the molecule is CS(=O)(=O)c1ccc([C@@H](CC2CCCC2)C(=O)Nc2nccnc2C2=CCC(=O)O2)cc1Cl. The number of nitrogens with one attached hydrogen (secondary N) is 1. The van der Waals surface area contributed by atoms with E-state index in [0.717, 1.165) is 31.9 Å². The molecule has 1 amide bonds. The van der Waals surface area contributed by atoms with E-state index in [0.29, 0.717) is 17.9 Å². The van der Waals surface area contributed by atoms with Gasteiger partial charge >= 0.3 is 5.97 Å². The van der Waals surface area contributed by atoms with Gasteiger partial charge in [-0.3, -0.25) is 9.59 Å². The van der Waals surface area contributed by atoms with Crippen molar-refractivity contribution in [3.05, 3.63) is 52.9 Å². The number of carbonyl (C=O) groups is 2. The zero-order valence-electron chi connectivity index (χ0n) is 18.1. The standard InChI is InChI=1S/C23H24ClN3O5S/c1-33(30,31)19-8-6-15(13-17(19)24)16(12-14-4-2-3-5-14)23(29)27-22-21(25-10-11-26-22)18-7-9-20(28)32-18/h6-8,10-11,13-14,16H,2-5,9,12H2,1H3,(H,26,27,29)/t16-/m1/s1. The molecule has 4 rings (SSSR count). The molecule has 2 aromatic rings. The van der Waals surface area contributed by atoms with E-state index < -0.39 is 21.7 Å². The van der Waals surface area contributed by atoms with Crippen molar-refractivity contribution in [1.29, 1.82) is 0 Å². The molecule has 174 valence electrons. The van der Waals surface area contributed by atoms with Crippen LogP contribution >= 0.6 is 11.6 Å². The molecule has 1 aliphatic heterocycles. The van der Waals surface area contributed by atoms with Crippen LogP contribution in [-0.2, 0) is 24.2 Å². The first-order chi connectivity index (χ1) is 15.7. The number of halogens is 1. The van der Waals surface area contributed by atoms with E-state index in [4.69, 9.17) is 16.3 Å². The Labute approximate surface area is 197 Å². The lowest BCUT2D eigenvalue weighted by Gasteiger charge is -2.21. The Hall–Kier alpha value is -2.78. The minimum absolute atomic E-state index is 0.0270. The maximum absolute atomic E-state index is 13.5. The van der Waals surface area contributed by atoms with E-state index >= 15 is 0 Å². The number of cyclic esters (lactones) is 1. The number of aromatic nitrogens is 2. The fourth-order valence-electron chi connectivity index (χ4n) is 4.35. The lowest BCUT2D eigenvalue weighted by atomic mass is 9.87. The molecule has 1 aromatic carbocycles. The topological polar surface area (TPSA) is 115 Å². The van der Waals surface area contributed by atoms with E-state index in [-0.39, 0.29) is 39.5 Å². The molecule has 1 saturated carbocycles. The second-order valence-corrected chi connectivity index (χ2v) is 10.8. The summed E-state index contributed by atoms with van der Waals surface area (Å²) in [6.07, 6.45) is 10.7. The third kappa shape index (κ3) is 5.42. The van der Waals surface area contributed by atoms with Crippen LogP contribution in [0.25, 0.3) is 5.76 Å². The monoisotopic (exact) mass is 489 g/mol. The molecular formula is C23H24ClN3O5S. The molecular weight excluding hydrogens is 466 g/mol. The second kappa shape index (κ2) is 9.61. The summed E-state index contributed by atoms with van der Waals surface area (Å²) in [6, 6.07) is 4.63. The molecule has 33 heavy (non-hydrogen) atoms. The fraction of sp³-hybridized carbons (Fsp3) is 0.391. The van der Waals surface area contributed by atoms with Crippen molar-refractivity contribution in [3.63, 3.8) is 0 Å². The molecule has 8 nitrogen and oxygen atoms in total. The summed E-state index contributed by atoms with van der Waals surface area (Å²) >= 11 is 6.28. The van der Waals surface area contributed by atoms with Gasteiger partial charge in [-0.15, -0.1) is 0 Å². The average molecular weight is 490 g/mol. The quantitative estimate of drug-likeness (QED) is 0.581. The van der Waals surface area contributed by atoms with Crippen LogP contribution in [0.15, 0.2) is 41.6 Å². The van der Waals surface area contributed by atoms with E-state index in [1.54, 1.807) is 18.2 Å². The van der Waals surface area contributed by atoms with E-state index in [1.165, 1.54) is 18.5 Å². The van der Waals surface area contributed by atoms with Gasteiger partial charge in [0.2, 0.25) is 5.91 Å². The first-order valence-electron chi connectivity index (χ1n) is 10.7. The average Bonchev–Trinajstić information content (AvgIpc) is 3.43. The molecule has 0 radical (unpaired) electrons. The van der Waals surface area contributed by atoms with Gasteiger partial charge in [0.1, 0.15) is 5.69 Å². The smallest absolute Gasteiger partial charge is 0.315 e. The summed E-state index contributed by atoms with van der Waals surface area (Å²) in [6.45, 7) is 0. The van der Waals surface area contributed by atoms with Gasteiger partial charge in [0.25, 0.3) is 0 Å². The predicted octanol–water partition coefficient (Wildman–Crippen LogP) is 4.12. The van der Waals surface area contributed by atoms with Crippen LogP contribution in [0.2, 0.25) is 5.02 Å². The molecule has 0 unspecified atom stereocenters. The van der Waals surface area contributed by atoms with Gasteiger partial charge in [0, 0.05) is 18.6 Å². The highest BCUT2D eigenvalue weighted by atomic mass is 35.5. The first kappa shape index (κ1) is 23.4. The summed E-state index contributed by atoms with van der Waals surface area (Å²) in [5.74, 6) is -0.428. The number of rotatable bonds is 7. The zero-order valence-corrected chi connectivity index (χ0v) is 19.7. The summed E-state index contributed by atoms with van der Waals surface area (Å²) in [5, 5.41) is 2.92. The Morgan fingerprint density at radius 1 is 1.24 bits per heavy atom. The molecule has 10 heteroatoms. The maximum Gasteiger partial charge on any atom is 0.315 e. The lowest BCUT2D eigenvalue weighted by molar-refractivity contribution is -0.134. The second-order valence-electron chi connectivity index (χ2n) is 8.39. The molecule has 0 spiro atoms. The Morgan fingerprint density at radius 3 is 2.61 bits per heavy atom. The van der Waals surface area contributed by atoms with Crippen molar-refractivity contribution in [1.82, 2.24) is 9.97 Å². The number of hydrogen-bond acceptors (Lipinski definition) is 7. The Kier molecular flexibility index (Phi) is 6.81. The van der Waals surface area contributed by atoms with Gasteiger partial charge in [-0.25, -0.2) is 18.4 Å². The maximum atomic E-state index is 13.5. The largest absolute Gasteiger partial charge is 0.424 e. The summed E-state index contributed by atoms with van der Waals surface area (Å²) in [5.41, 5.74) is 0.913. The number of anilines is 1. The van der Waals surface area contributed by atoms with Crippen LogP contribution in [0.3, 0.4) is 0 Å². The van der Waals surface area contributed by atoms with Gasteiger partial charge in [0.05, 0.1) is 22.3 Å². The molecule has 1 aliphatic carbocycles. The third-order valence-electron chi connectivity index (χ3n) is 5.97. The molecule has 2 heterocycles. The van der Waals surface area contributed by atoms with Crippen LogP contribution in [0.4, 0.5) is 5.82 Å². The highest BCUT2D eigenvalue weighted by molar-refractivity contribution is 7.90. The van der Waals surface area contributed by atoms with Crippen LogP contribution in [0.5, 0.6) is 0 Å². The van der Waals surface area contributed by atoms with Crippen molar-refractivity contribution in [3.8, 4) is 0 Å². The van der Waals surface area contributed by atoms with Crippen molar-refractivity contribution in [2.45, 2.75) is 49.3 Å². The van der Waals surface area contributed by atoms with Gasteiger partial charge in [-0.05, 0) is 36.1 Å². The Balaban J connectivity index is 1.64. The number of nitrogens with zero attached hydrogens (tertiary/aromatic N) is 2. The minimum Gasteiger partial charge on any atom is -0.424 e. The molecule has 0 saturated heterocycles. The van der Waals surface area contributed by atoms with Gasteiger partial charge < -0.3 is 10.1 Å². The van der Waals surface area contributed by atoms with Crippen LogP contribution in [0, 0.1) is 5.92 Å². The molecule has 2 aliphatic rings. The first-order valence-corrected chi connectivity index (χ1v) is 13.0. The van der Waals surface area contributed by atoms with Crippen molar-refractivity contribution >= 4 is 44.9 Å². The van der Waals surface area contributed by atoms with Gasteiger partial charge in [-0.1, -0.05) is 43.4 Å². The fourth-order valence-corrected chi connectivity index (χ4v) is 5.69. The highest BCUT2D eigenvalue weighted by Gasteiger charge is 2.29. The van der Waals surface area contributed by atoms with Gasteiger partial charge in [-0.2, -0.15) is 0 Å². The minimum atomic E-state index is -3.49. The number of hydrogen-bond donors (Lipinski definition) is 1. The van der Waals surface area contributed by atoms with Crippen molar-refractivity contribution in [2.24, 2.45) is 5.92 Å². The van der Waals surface area contributed by atoms with E-state index in [2.05, 4.69) is 15.3 Å². The number of esters is 1. The molecule has 1 aromatic heterocycles. The summed E-state index contributed by atoms with van der Waals surface area (Å²) < 4.78 is 29.1. The lowest BCUT2D eigenvalue weighted by Crippen LogP contribution is -2.24. The molecule has 1 fully saturated rings. The number of amides is 1. The Bertz CT molecular complexity index is 1220. The highest BCUT2D eigenvalue weighted by Crippen LogP contribution is 2.37. The third-order valence-corrected chi connectivity index (χ3v) is 7.55. The van der Waals surface area contributed by atoms with Crippen LogP contribution < -0.4 is 5.32 Å². The van der Waals surface area contributed by atoms with Crippen LogP contribution in [0.1, 0.15) is 55.7 Å². The number of ether oxygens (including phenoxy) is 1. The number of carbonyl (C=O) groups excluding carboxylic acids is 2. The zero-order chi connectivity index (χ0) is 23.6. The van der Waals surface area contributed by atoms with Gasteiger partial charge in [0.15, 0.2) is 21.4 Å². The van der Waals surface area contributed by atoms with Crippen molar-refractivity contribution < 1.29 is 22.7 Å². The normalized spacial score (nSPS) is 17.5. The summed E-state index contributed by atoms with van der Waals surface area (Å²) in [7, 11) is -3.49. The van der Waals surface area contributed by atoms with Crippen molar-refractivity contribution in [2.75, 3.05) is 11.6 Å². The molecule has 0 bridgehead atoms.